The van der Waals surface area contributed by atoms with E-state index in [9.17, 15) is 13.2 Å². The van der Waals surface area contributed by atoms with Crippen LogP contribution in [0.2, 0.25) is 0 Å². The molecule has 0 spiro atoms. The van der Waals surface area contributed by atoms with Crippen LogP contribution in [-0.2, 0) is 21.4 Å². The molecule has 0 aliphatic carbocycles. The third kappa shape index (κ3) is 6.16. The van der Waals surface area contributed by atoms with Crippen LogP contribution in [0.5, 0.6) is 5.75 Å². The second kappa shape index (κ2) is 8.82. The fourth-order valence-corrected chi connectivity index (χ4v) is 3.20. The van der Waals surface area contributed by atoms with E-state index >= 15 is 0 Å². The topological polar surface area (TPSA) is 75.7 Å². The molecule has 6 nitrogen and oxygen atoms in total. The first-order valence-corrected chi connectivity index (χ1v) is 10.2. The molecule has 0 atom stereocenters. The zero-order valence-electron chi connectivity index (χ0n) is 15.2. The summed E-state index contributed by atoms with van der Waals surface area (Å²) < 4.78 is 30.6. The molecule has 0 bridgehead atoms. The maximum Gasteiger partial charge on any atom is 0.239 e. The van der Waals surface area contributed by atoms with Crippen molar-refractivity contribution in [3.63, 3.8) is 0 Å². The van der Waals surface area contributed by atoms with Gasteiger partial charge in [-0.25, -0.2) is 8.42 Å². The number of hydrogen-bond acceptors (Lipinski definition) is 4. The molecule has 1 amide bonds. The minimum absolute atomic E-state index is 0.150. The summed E-state index contributed by atoms with van der Waals surface area (Å²) >= 11 is 0. The maximum atomic E-state index is 12.3. The first kappa shape index (κ1) is 19.9. The van der Waals surface area contributed by atoms with Gasteiger partial charge < -0.3 is 10.1 Å². The van der Waals surface area contributed by atoms with Gasteiger partial charge >= 0.3 is 0 Å². The Bertz CT molecular complexity index is 848. The monoisotopic (exact) mass is 376 g/mol. The summed E-state index contributed by atoms with van der Waals surface area (Å²) in [5.74, 6) is 0.315. The highest BCUT2D eigenvalue weighted by Gasteiger charge is 2.20. The van der Waals surface area contributed by atoms with Crippen molar-refractivity contribution in [3.8, 4) is 5.75 Å². The van der Waals surface area contributed by atoms with Gasteiger partial charge in [0.25, 0.3) is 0 Å². The first-order valence-electron chi connectivity index (χ1n) is 8.31. The van der Waals surface area contributed by atoms with Crippen molar-refractivity contribution >= 4 is 21.6 Å². The maximum absolute atomic E-state index is 12.3. The molecule has 0 saturated carbocycles. The largest absolute Gasteiger partial charge is 0.494 e. The first-order chi connectivity index (χ1) is 12.3. The van der Waals surface area contributed by atoms with Crippen molar-refractivity contribution in [2.24, 2.45) is 0 Å². The molecular weight excluding hydrogens is 352 g/mol. The quantitative estimate of drug-likeness (QED) is 0.769. The van der Waals surface area contributed by atoms with E-state index in [2.05, 4.69) is 5.32 Å². The normalized spacial score (nSPS) is 11.4. The molecule has 2 aromatic rings. The van der Waals surface area contributed by atoms with E-state index < -0.39 is 15.9 Å². The Morgan fingerprint density at radius 2 is 1.85 bits per heavy atom. The summed E-state index contributed by atoms with van der Waals surface area (Å²) in [4.78, 5) is 12.3. The zero-order chi connectivity index (χ0) is 19.2. The minimum atomic E-state index is -3.52. The summed E-state index contributed by atoms with van der Waals surface area (Å²) in [6.07, 6.45) is 1.10. The van der Waals surface area contributed by atoms with Crippen LogP contribution in [0.25, 0.3) is 0 Å². The molecular formula is C19H24N2O4S. The minimum Gasteiger partial charge on any atom is -0.494 e. The van der Waals surface area contributed by atoms with E-state index in [0.29, 0.717) is 18.0 Å². The molecule has 140 valence electrons. The predicted octanol–water partition coefficient (Wildman–Crippen LogP) is 2.79. The number of anilines is 1. The van der Waals surface area contributed by atoms with Gasteiger partial charge in [0.2, 0.25) is 15.9 Å². The van der Waals surface area contributed by atoms with Crippen LogP contribution in [0.3, 0.4) is 0 Å². The second-order valence-electron chi connectivity index (χ2n) is 6.03. The van der Waals surface area contributed by atoms with Gasteiger partial charge in [-0.15, -0.1) is 0 Å². The molecule has 0 heterocycles. The zero-order valence-corrected chi connectivity index (χ0v) is 16.0. The summed E-state index contributed by atoms with van der Waals surface area (Å²) in [5.41, 5.74) is 2.46. The van der Waals surface area contributed by atoms with Crippen molar-refractivity contribution in [2.75, 3.05) is 24.7 Å². The molecule has 7 heteroatoms. The van der Waals surface area contributed by atoms with E-state index in [0.717, 1.165) is 21.7 Å². The number of nitrogens with zero attached hydrogens (tertiary/aromatic N) is 1. The molecule has 0 aliphatic heterocycles. The van der Waals surface area contributed by atoms with Crippen LogP contribution in [0, 0.1) is 6.92 Å². The second-order valence-corrected chi connectivity index (χ2v) is 8.01. The fraction of sp³-hybridized carbons (Fsp3) is 0.316. The van der Waals surface area contributed by atoms with Gasteiger partial charge in [0.1, 0.15) is 5.75 Å². The van der Waals surface area contributed by atoms with Crippen LogP contribution in [0.15, 0.2) is 48.5 Å². The summed E-state index contributed by atoms with van der Waals surface area (Å²) in [7, 11) is -3.52. The number of nitrogens with one attached hydrogen (secondary N) is 1. The Labute approximate surface area is 154 Å². The Hall–Kier alpha value is -2.38. The SMILES string of the molecule is CCOc1ccc(NC(=O)CN(Cc2cccc(C)c2)S(C)(=O)=O)cc1. The Balaban J connectivity index is 2.04. The van der Waals surface area contributed by atoms with Gasteiger partial charge in [-0.2, -0.15) is 4.31 Å². The van der Waals surface area contributed by atoms with Crippen LogP contribution in [-0.4, -0.2) is 38.0 Å². The number of rotatable bonds is 8. The molecule has 0 fully saturated rings. The van der Waals surface area contributed by atoms with Gasteiger partial charge in [-0.05, 0) is 43.7 Å². The number of amides is 1. The fourth-order valence-electron chi connectivity index (χ4n) is 2.47. The lowest BCUT2D eigenvalue weighted by molar-refractivity contribution is -0.116. The molecule has 2 rings (SSSR count). The van der Waals surface area contributed by atoms with Crippen molar-refractivity contribution < 1.29 is 17.9 Å². The lowest BCUT2D eigenvalue weighted by Gasteiger charge is -2.20. The lowest BCUT2D eigenvalue weighted by atomic mass is 10.1. The van der Waals surface area contributed by atoms with Crippen LogP contribution in [0.1, 0.15) is 18.1 Å². The number of carbonyl (C=O) groups excluding carboxylic acids is 1. The van der Waals surface area contributed by atoms with E-state index in [-0.39, 0.29) is 13.1 Å². The van der Waals surface area contributed by atoms with Gasteiger partial charge in [0.05, 0.1) is 19.4 Å². The van der Waals surface area contributed by atoms with Crippen LogP contribution in [0.4, 0.5) is 5.69 Å². The van der Waals surface area contributed by atoms with Crippen molar-refractivity contribution in [1.29, 1.82) is 0 Å². The number of carbonyl (C=O) groups is 1. The van der Waals surface area contributed by atoms with Crippen molar-refractivity contribution in [2.45, 2.75) is 20.4 Å². The molecule has 0 aromatic heterocycles. The van der Waals surface area contributed by atoms with Crippen molar-refractivity contribution in [1.82, 2.24) is 4.31 Å². The van der Waals surface area contributed by atoms with Gasteiger partial charge in [-0.1, -0.05) is 29.8 Å². The number of ether oxygens (including phenoxy) is 1. The molecule has 0 saturated heterocycles. The third-order valence-corrected chi connectivity index (χ3v) is 4.88. The summed E-state index contributed by atoms with van der Waals surface area (Å²) in [6, 6.07) is 14.5. The molecule has 0 unspecified atom stereocenters. The van der Waals surface area contributed by atoms with E-state index in [4.69, 9.17) is 4.74 Å². The van der Waals surface area contributed by atoms with Gasteiger partial charge in [0, 0.05) is 12.2 Å². The average Bonchev–Trinajstić information content (AvgIpc) is 2.55. The van der Waals surface area contributed by atoms with E-state index in [1.807, 2.05) is 38.1 Å². The standard InChI is InChI=1S/C19H24N2O4S/c1-4-25-18-10-8-17(9-11-18)20-19(22)14-21(26(3,23)24)13-16-7-5-6-15(2)12-16/h5-12H,4,13-14H2,1-3H3,(H,20,22). The predicted molar refractivity (Wildman–Crippen MR) is 103 cm³/mol. The third-order valence-electron chi connectivity index (χ3n) is 3.68. The van der Waals surface area contributed by atoms with Crippen LogP contribution >= 0.6 is 0 Å². The Morgan fingerprint density at radius 3 is 2.42 bits per heavy atom. The molecule has 2 aromatic carbocycles. The number of sulfonamides is 1. The number of aryl methyl sites for hydroxylation is 1. The lowest BCUT2D eigenvalue weighted by Crippen LogP contribution is -2.36. The Kier molecular flexibility index (Phi) is 6.76. The van der Waals surface area contributed by atoms with E-state index in [1.54, 1.807) is 24.3 Å². The summed E-state index contributed by atoms with van der Waals surface area (Å²) in [6.45, 7) is 4.29. The number of benzene rings is 2. The molecule has 0 aliphatic rings. The highest BCUT2D eigenvalue weighted by molar-refractivity contribution is 7.88. The van der Waals surface area contributed by atoms with E-state index in [1.165, 1.54) is 0 Å². The van der Waals surface area contributed by atoms with Gasteiger partial charge in [-0.3, -0.25) is 4.79 Å². The molecule has 0 radical (unpaired) electrons. The molecule has 1 N–H and O–H groups in total. The number of hydrogen-bond donors (Lipinski definition) is 1. The smallest absolute Gasteiger partial charge is 0.239 e. The highest BCUT2D eigenvalue weighted by Crippen LogP contribution is 2.16. The van der Waals surface area contributed by atoms with Gasteiger partial charge in [0.15, 0.2) is 0 Å². The van der Waals surface area contributed by atoms with Crippen molar-refractivity contribution in [3.05, 3.63) is 59.7 Å². The molecule has 26 heavy (non-hydrogen) atoms. The highest BCUT2D eigenvalue weighted by atomic mass is 32.2. The summed E-state index contributed by atoms with van der Waals surface area (Å²) in [5, 5.41) is 2.71. The Morgan fingerprint density at radius 1 is 1.15 bits per heavy atom. The average molecular weight is 376 g/mol. The van der Waals surface area contributed by atoms with Crippen LogP contribution < -0.4 is 10.1 Å².